The molecule has 0 aliphatic heterocycles. The molecule has 78 valence electrons. The lowest BCUT2D eigenvalue weighted by Gasteiger charge is -2.12. The van der Waals surface area contributed by atoms with Gasteiger partial charge in [-0.3, -0.25) is 5.43 Å². The monoisotopic (exact) mass is 211 g/mol. The van der Waals surface area contributed by atoms with Crippen molar-refractivity contribution in [2.75, 3.05) is 6.54 Å². The highest BCUT2D eigenvalue weighted by Gasteiger charge is 2.05. The molecule has 4 heteroatoms. The fourth-order valence-electron chi connectivity index (χ4n) is 1.35. The van der Waals surface area contributed by atoms with Crippen LogP contribution in [0, 0.1) is 5.92 Å². The molecule has 0 bridgehead atoms. The van der Waals surface area contributed by atoms with Gasteiger partial charge in [-0.2, -0.15) is 5.10 Å². The van der Waals surface area contributed by atoms with Gasteiger partial charge in [-0.05, 0) is 44.3 Å². The number of thiocarbonyl (C=S) groups is 1. The number of hydrazone groups is 1. The van der Waals surface area contributed by atoms with Crippen LogP contribution in [0.1, 0.15) is 26.2 Å². The van der Waals surface area contributed by atoms with E-state index in [2.05, 4.69) is 28.0 Å². The summed E-state index contributed by atoms with van der Waals surface area (Å²) in [6, 6.07) is 0. The summed E-state index contributed by atoms with van der Waals surface area (Å²) >= 11 is 4.97. The molecule has 3 nitrogen and oxygen atoms in total. The third kappa shape index (κ3) is 4.37. The summed E-state index contributed by atoms with van der Waals surface area (Å²) in [6.45, 7) is 2.83. The molecule has 1 atom stereocenters. The minimum Gasteiger partial charge on any atom is -0.362 e. The second kappa shape index (κ2) is 6.54. The lowest BCUT2D eigenvalue weighted by atomic mass is 9.96. The van der Waals surface area contributed by atoms with Crippen LogP contribution in [-0.4, -0.2) is 17.9 Å². The molecule has 0 saturated carbocycles. The quantitative estimate of drug-likeness (QED) is 0.323. The summed E-state index contributed by atoms with van der Waals surface area (Å²) in [6.07, 6.45) is 9.83. The van der Waals surface area contributed by atoms with Crippen LogP contribution in [0.25, 0.3) is 0 Å². The van der Waals surface area contributed by atoms with Gasteiger partial charge in [0, 0.05) is 12.8 Å². The number of rotatable bonds is 3. The predicted molar refractivity (Wildman–Crippen MR) is 64.4 cm³/mol. The van der Waals surface area contributed by atoms with Crippen molar-refractivity contribution in [2.45, 2.75) is 26.2 Å². The van der Waals surface area contributed by atoms with Crippen molar-refractivity contribution in [3.05, 3.63) is 12.2 Å². The SMILES string of the molecule is CCNC(=S)N/N=C\[C@@H]1CC=CCC1. The fourth-order valence-corrected chi connectivity index (χ4v) is 1.55. The first-order valence-corrected chi connectivity index (χ1v) is 5.45. The van der Waals surface area contributed by atoms with Crippen molar-refractivity contribution in [1.29, 1.82) is 0 Å². The number of nitrogens with one attached hydrogen (secondary N) is 2. The maximum atomic E-state index is 4.97. The van der Waals surface area contributed by atoms with E-state index in [9.17, 15) is 0 Å². The minimum absolute atomic E-state index is 0.567. The molecule has 1 aliphatic carbocycles. The van der Waals surface area contributed by atoms with Gasteiger partial charge < -0.3 is 5.32 Å². The maximum Gasteiger partial charge on any atom is 0.186 e. The predicted octanol–water partition coefficient (Wildman–Crippen LogP) is 1.81. The third-order valence-corrected chi connectivity index (χ3v) is 2.33. The van der Waals surface area contributed by atoms with Gasteiger partial charge in [-0.1, -0.05) is 12.2 Å². The molecule has 0 fully saturated rings. The van der Waals surface area contributed by atoms with Crippen molar-refractivity contribution >= 4 is 23.5 Å². The zero-order valence-corrected chi connectivity index (χ0v) is 9.31. The molecule has 0 aromatic heterocycles. The molecule has 0 saturated heterocycles. The zero-order valence-electron chi connectivity index (χ0n) is 8.49. The van der Waals surface area contributed by atoms with Crippen LogP contribution < -0.4 is 10.7 Å². The van der Waals surface area contributed by atoms with Gasteiger partial charge in [-0.25, -0.2) is 0 Å². The first-order chi connectivity index (χ1) is 6.83. The lowest BCUT2D eigenvalue weighted by Crippen LogP contribution is -2.31. The highest BCUT2D eigenvalue weighted by Crippen LogP contribution is 2.15. The normalized spacial score (nSPS) is 21.1. The molecule has 14 heavy (non-hydrogen) atoms. The van der Waals surface area contributed by atoms with Gasteiger partial charge in [0.25, 0.3) is 0 Å². The highest BCUT2D eigenvalue weighted by molar-refractivity contribution is 7.80. The van der Waals surface area contributed by atoms with E-state index in [1.807, 2.05) is 13.1 Å². The number of nitrogens with zero attached hydrogens (tertiary/aromatic N) is 1. The molecule has 1 rings (SSSR count). The van der Waals surface area contributed by atoms with Crippen molar-refractivity contribution < 1.29 is 0 Å². The lowest BCUT2D eigenvalue weighted by molar-refractivity contribution is 0.624. The van der Waals surface area contributed by atoms with E-state index in [0.29, 0.717) is 11.0 Å². The van der Waals surface area contributed by atoms with Crippen LogP contribution in [0.5, 0.6) is 0 Å². The van der Waals surface area contributed by atoms with Crippen molar-refractivity contribution in [2.24, 2.45) is 11.0 Å². The molecule has 0 unspecified atom stereocenters. The molecule has 0 radical (unpaired) electrons. The first-order valence-electron chi connectivity index (χ1n) is 5.05. The Hall–Kier alpha value is -0.900. The summed E-state index contributed by atoms with van der Waals surface area (Å²) in [7, 11) is 0. The average Bonchev–Trinajstić information content (AvgIpc) is 2.20. The van der Waals surface area contributed by atoms with E-state index in [-0.39, 0.29) is 0 Å². The smallest absolute Gasteiger partial charge is 0.186 e. The summed E-state index contributed by atoms with van der Waals surface area (Å²) in [5.74, 6) is 0.567. The van der Waals surface area contributed by atoms with E-state index in [1.165, 1.54) is 6.42 Å². The Bertz CT molecular complexity index is 236. The summed E-state index contributed by atoms with van der Waals surface area (Å²) in [5, 5.41) is 7.67. The molecule has 2 N–H and O–H groups in total. The Morgan fingerprint density at radius 2 is 2.50 bits per heavy atom. The highest BCUT2D eigenvalue weighted by atomic mass is 32.1. The van der Waals surface area contributed by atoms with E-state index >= 15 is 0 Å². The molecule has 0 amide bonds. The Morgan fingerprint density at radius 3 is 3.14 bits per heavy atom. The number of allylic oxidation sites excluding steroid dienone is 2. The zero-order chi connectivity index (χ0) is 10.2. The van der Waals surface area contributed by atoms with Crippen LogP contribution in [0.2, 0.25) is 0 Å². The van der Waals surface area contributed by atoms with E-state index in [4.69, 9.17) is 12.2 Å². The summed E-state index contributed by atoms with van der Waals surface area (Å²) in [5.41, 5.74) is 2.80. The van der Waals surface area contributed by atoms with E-state index in [0.717, 1.165) is 19.4 Å². The fraction of sp³-hybridized carbons (Fsp3) is 0.600. The van der Waals surface area contributed by atoms with Crippen LogP contribution in [0.15, 0.2) is 17.3 Å². The van der Waals surface area contributed by atoms with Crippen LogP contribution in [0.3, 0.4) is 0 Å². The molecule has 0 spiro atoms. The Kier molecular flexibility index (Phi) is 5.22. The standard InChI is InChI=1S/C10H17N3S/c1-2-11-10(14)13-12-8-9-6-4-3-5-7-9/h3-4,8-9H,2,5-7H2,1H3,(H2,11,13,14)/b12-8-/t9-/m1/s1. The third-order valence-electron chi connectivity index (χ3n) is 2.10. The summed E-state index contributed by atoms with van der Waals surface area (Å²) in [4.78, 5) is 0. The van der Waals surface area contributed by atoms with Crippen LogP contribution in [0.4, 0.5) is 0 Å². The van der Waals surface area contributed by atoms with Crippen LogP contribution in [-0.2, 0) is 0 Å². The minimum atomic E-state index is 0.567. The average molecular weight is 211 g/mol. The molecular formula is C10H17N3S. The van der Waals surface area contributed by atoms with E-state index < -0.39 is 0 Å². The summed E-state index contributed by atoms with van der Waals surface area (Å²) < 4.78 is 0. The number of hydrogen-bond acceptors (Lipinski definition) is 2. The van der Waals surface area contributed by atoms with Gasteiger partial charge >= 0.3 is 0 Å². The van der Waals surface area contributed by atoms with Crippen molar-refractivity contribution in [3.63, 3.8) is 0 Å². The molecule has 1 aliphatic rings. The second-order valence-corrected chi connectivity index (χ2v) is 3.70. The Labute approximate surface area is 90.7 Å². The molecular weight excluding hydrogens is 194 g/mol. The largest absolute Gasteiger partial charge is 0.362 e. The Morgan fingerprint density at radius 1 is 1.64 bits per heavy atom. The van der Waals surface area contributed by atoms with Gasteiger partial charge in [0.2, 0.25) is 0 Å². The van der Waals surface area contributed by atoms with Crippen molar-refractivity contribution in [1.82, 2.24) is 10.7 Å². The van der Waals surface area contributed by atoms with Gasteiger partial charge in [0.1, 0.15) is 0 Å². The topological polar surface area (TPSA) is 36.4 Å². The van der Waals surface area contributed by atoms with Crippen LogP contribution >= 0.6 is 12.2 Å². The first kappa shape index (κ1) is 11.2. The maximum absolute atomic E-state index is 4.97. The molecule has 0 heterocycles. The van der Waals surface area contributed by atoms with Gasteiger partial charge in [-0.15, -0.1) is 0 Å². The second-order valence-electron chi connectivity index (χ2n) is 3.29. The van der Waals surface area contributed by atoms with Gasteiger partial charge in [0.05, 0.1) is 0 Å². The van der Waals surface area contributed by atoms with Gasteiger partial charge in [0.15, 0.2) is 5.11 Å². The molecule has 0 aromatic carbocycles. The Balaban J connectivity index is 2.19. The number of hydrogen-bond donors (Lipinski definition) is 2. The van der Waals surface area contributed by atoms with Crippen molar-refractivity contribution in [3.8, 4) is 0 Å². The molecule has 0 aromatic rings. The van der Waals surface area contributed by atoms with E-state index in [1.54, 1.807) is 0 Å².